The van der Waals surface area contributed by atoms with Crippen LogP contribution in [0.3, 0.4) is 0 Å². The van der Waals surface area contributed by atoms with Crippen LogP contribution >= 0.6 is 36.2 Å². The lowest BCUT2D eigenvalue weighted by Crippen LogP contribution is -2.36. The molecule has 2 fully saturated rings. The average molecular weight is 459 g/mol. The van der Waals surface area contributed by atoms with Crippen LogP contribution in [-0.2, 0) is 32.6 Å². The molecule has 1 aliphatic carbocycles. The molecular weight excluding hydrogens is 427 g/mol. The van der Waals surface area contributed by atoms with Crippen LogP contribution in [0.4, 0.5) is 0 Å². The fourth-order valence-electron chi connectivity index (χ4n) is 4.96. The Morgan fingerprint density at radius 1 is 1.21 bits per heavy atom. The number of aryl methyl sites for hydroxylation is 1. The molecule has 1 spiro atoms. The van der Waals surface area contributed by atoms with Crippen LogP contribution in [0.2, 0.25) is 0 Å². The van der Waals surface area contributed by atoms with Gasteiger partial charge in [-0.1, -0.05) is 0 Å². The van der Waals surface area contributed by atoms with E-state index in [0.717, 1.165) is 39.1 Å². The van der Waals surface area contributed by atoms with E-state index < -0.39 is 0 Å². The largest absolute Gasteiger partial charge is 0.334 e. The SMILES string of the molecule is CCn1ccnc1CN(Cc1nc2c(s1)CNCC2)C1CC12CCNCC2.Cl.Cl. The van der Waals surface area contributed by atoms with E-state index in [1.54, 1.807) is 0 Å². The summed E-state index contributed by atoms with van der Waals surface area (Å²) >= 11 is 1.91. The minimum Gasteiger partial charge on any atom is -0.334 e. The third-order valence-electron chi connectivity index (χ3n) is 6.66. The van der Waals surface area contributed by atoms with E-state index in [0.29, 0.717) is 11.5 Å². The topological polar surface area (TPSA) is 58.0 Å². The molecule has 3 aliphatic rings. The second-order valence-corrected chi connectivity index (χ2v) is 9.44. The number of thiazole rings is 1. The van der Waals surface area contributed by atoms with E-state index in [4.69, 9.17) is 4.98 Å². The van der Waals surface area contributed by atoms with Crippen molar-refractivity contribution in [2.24, 2.45) is 5.41 Å². The zero-order valence-electron chi connectivity index (χ0n) is 17.0. The van der Waals surface area contributed by atoms with E-state index in [9.17, 15) is 0 Å². The van der Waals surface area contributed by atoms with Crippen LogP contribution in [0, 0.1) is 5.41 Å². The molecule has 2 aromatic rings. The van der Waals surface area contributed by atoms with Gasteiger partial charge in [-0.2, -0.15) is 0 Å². The Labute approximate surface area is 189 Å². The molecule has 1 atom stereocenters. The molecule has 162 valence electrons. The minimum absolute atomic E-state index is 0. The molecule has 1 saturated heterocycles. The lowest BCUT2D eigenvalue weighted by Gasteiger charge is -2.29. The predicted molar refractivity (Wildman–Crippen MR) is 122 cm³/mol. The Bertz CT molecular complexity index is 777. The number of hydrogen-bond donors (Lipinski definition) is 2. The van der Waals surface area contributed by atoms with Crippen molar-refractivity contribution in [1.29, 1.82) is 0 Å². The van der Waals surface area contributed by atoms with Gasteiger partial charge in [-0.15, -0.1) is 36.2 Å². The molecule has 2 aromatic heterocycles. The predicted octanol–water partition coefficient (Wildman–Crippen LogP) is 2.99. The molecule has 1 unspecified atom stereocenters. The van der Waals surface area contributed by atoms with Crippen LogP contribution in [0.5, 0.6) is 0 Å². The summed E-state index contributed by atoms with van der Waals surface area (Å²) in [6, 6.07) is 0.681. The number of nitrogens with zero attached hydrogens (tertiary/aromatic N) is 4. The van der Waals surface area contributed by atoms with Crippen LogP contribution in [0.1, 0.15) is 47.6 Å². The average Bonchev–Trinajstić information content (AvgIpc) is 3.05. The summed E-state index contributed by atoms with van der Waals surface area (Å²) in [6.45, 7) is 9.48. The van der Waals surface area contributed by atoms with Crippen LogP contribution in [0.15, 0.2) is 12.4 Å². The van der Waals surface area contributed by atoms with Gasteiger partial charge in [0, 0.05) is 49.4 Å². The number of rotatable bonds is 6. The van der Waals surface area contributed by atoms with Crippen molar-refractivity contribution in [3.8, 4) is 0 Å². The van der Waals surface area contributed by atoms with Crippen LogP contribution in [0.25, 0.3) is 0 Å². The molecule has 2 N–H and O–H groups in total. The quantitative estimate of drug-likeness (QED) is 0.696. The monoisotopic (exact) mass is 458 g/mol. The highest BCUT2D eigenvalue weighted by atomic mass is 35.5. The number of hydrogen-bond acceptors (Lipinski definition) is 6. The molecule has 9 heteroatoms. The molecule has 29 heavy (non-hydrogen) atoms. The van der Waals surface area contributed by atoms with Crippen LogP contribution < -0.4 is 10.6 Å². The van der Waals surface area contributed by atoms with E-state index in [2.05, 4.69) is 38.2 Å². The van der Waals surface area contributed by atoms with E-state index >= 15 is 0 Å². The lowest BCUT2D eigenvalue weighted by molar-refractivity contribution is 0.182. The Kier molecular flexibility index (Phi) is 7.62. The maximum Gasteiger partial charge on any atom is 0.122 e. The number of aromatic nitrogens is 3. The fourth-order valence-corrected chi connectivity index (χ4v) is 6.07. The Hall–Kier alpha value is -0.700. The second-order valence-electron chi connectivity index (χ2n) is 8.27. The van der Waals surface area contributed by atoms with Crippen molar-refractivity contribution in [2.75, 3.05) is 19.6 Å². The summed E-state index contributed by atoms with van der Waals surface area (Å²) in [7, 11) is 0. The fraction of sp³-hybridized carbons (Fsp3) is 0.700. The van der Waals surface area contributed by atoms with Gasteiger partial charge in [0.1, 0.15) is 10.8 Å². The minimum atomic E-state index is 0. The molecule has 0 amide bonds. The summed E-state index contributed by atoms with van der Waals surface area (Å²) in [5.41, 5.74) is 1.86. The summed E-state index contributed by atoms with van der Waals surface area (Å²) < 4.78 is 2.28. The Morgan fingerprint density at radius 3 is 2.79 bits per heavy atom. The first-order chi connectivity index (χ1) is 13.3. The number of fused-ring (bicyclic) bond motifs is 1. The number of nitrogens with one attached hydrogen (secondary N) is 2. The maximum atomic E-state index is 5.00. The van der Waals surface area contributed by atoms with Crippen molar-refractivity contribution < 1.29 is 0 Å². The zero-order valence-corrected chi connectivity index (χ0v) is 19.5. The van der Waals surface area contributed by atoms with Gasteiger partial charge >= 0.3 is 0 Å². The van der Waals surface area contributed by atoms with Gasteiger partial charge in [-0.3, -0.25) is 4.90 Å². The first-order valence-electron chi connectivity index (χ1n) is 10.4. The highest BCUT2D eigenvalue weighted by molar-refractivity contribution is 7.11. The van der Waals surface area contributed by atoms with Crippen molar-refractivity contribution in [3.63, 3.8) is 0 Å². The van der Waals surface area contributed by atoms with Crippen molar-refractivity contribution in [1.82, 2.24) is 30.1 Å². The number of piperidine rings is 1. The van der Waals surface area contributed by atoms with E-state index in [1.807, 2.05) is 17.5 Å². The van der Waals surface area contributed by atoms with Gasteiger partial charge in [0.2, 0.25) is 0 Å². The van der Waals surface area contributed by atoms with E-state index in [-0.39, 0.29) is 24.8 Å². The number of imidazole rings is 1. The highest BCUT2D eigenvalue weighted by Gasteiger charge is 2.56. The van der Waals surface area contributed by atoms with Crippen molar-refractivity contribution >= 4 is 36.2 Å². The zero-order chi connectivity index (χ0) is 18.3. The molecule has 2 aliphatic heterocycles. The van der Waals surface area contributed by atoms with Crippen molar-refractivity contribution in [3.05, 3.63) is 33.8 Å². The second kappa shape index (κ2) is 9.62. The smallest absolute Gasteiger partial charge is 0.122 e. The highest BCUT2D eigenvalue weighted by Crippen LogP contribution is 2.56. The molecule has 4 heterocycles. The van der Waals surface area contributed by atoms with Gasteiger partial charge in [0.15, 0.2) is 0 Å². The third-order valence-corrected chi connectivity index (χ3v) is 7.74. The standard InChI is InChI=1S/C20H30N6S.2ClH/c1-2-25-10-9-23-18(25)13-26(17-11-20(17)4-7-21-8-5-20)14-19-24-15-3-6-22-12-16(15)27-19;;/h9-10,17,21-22H,2-8,11-14H2,1H3;2*1H. The molecule has 5 rings (SSSR count). The van der Waals surface area contributed by atoms with Gasteiger partial charge in [0.25, 0.3) is 0 Å². The first kappa shape index (κ1) is 23.0. The lowest BCUT2D eigenvalue weighted by atomic mass is 9.93. The van der Waals surface area contributed by atoms with Gasteiger partial charge in [-0.05, 0) is 44.7 Å². The number of halogens is 2. The maximum absolute atomic E-state index is 5.00. The third kappa shape index (κ3) is 4.65. The normalized spacial score (nSPS) is 22.1. The van der Waals surface area contributed by atoms with Gasteiger partial charge < -0.3 is 15.2 Å². The van der Waals surface area contributed by atoms with Crippen LogP contribution in [-0.4, -0.2) is 45.1 Å². The molecule has 1 saturated carbocycles. The van der Waals surface area contributed by atoms with E-state index in [1.165, 1.54) is 53.8 Å². The molecule has 6 nitrogen and oxygen atoms in total. The van der Waals surface area contributed by atoms with Gasteiger partial charge in [-0.25, -0.2) is 9.97 Å². The molecule has 0 radical (unpaired) electrons. The van der Waals surface area contributed by atoms with Crippen molar-refractivity contribution in [2.45, 2.75) is 64.8 Å². The van der Waals surface area contributed by atoms with Gasteiger partial charge in [0.05, 0.1) is 18.8 Å². The molecule has 0 bridgehead atoms. The summed E-state index contributed by atoms with van der Waals surface area (Å²) in [5.74, 6) is 1.19. The summed E-state index contributed by atoms with van der Waals surface area (Å²) in [6.07, 6.45) is 9.09. The Morgan fingerprint density at radius 2 is 2.03 bits per heavy atom. The Balaban J connectivity index is 0.00000120. The summed E-state index contributed by atoms with van der Waals surface area (Å²) in [5, 5.41) is 8.30. The molecule has 0 aromatic carbocycles. The summed E-state index contributed by atoms with van der Waals surface area (Å²) in [4.78, 5) is 13.8. The first-order valence-corrected chi connectivity index (χ1v) is 11.2. The molecular formula is C20H32Cl2N6S.